The summed E-state index contributed by atoms with van der Waals surface area (Å²) in [6, 6.07) is 3.96. The van der Waals surface area contributed by atoms with E-state index in [1.54, 1.807) is 10.9 Å². The van der Waals surface area contributed by atoms with Gasteiger partial charge in [-0.25, -0.2) is 0 Å². The van der Waals surface area contributed by atoms with Crippen LogP contribution in [0.5, 0.6) is 5.75 Å². The van der Waals surface area contributed by atoms with Crippen molar-refractivity contribution in [2.24, 2.45) is 5.10 Å². The molecule has 130 valence electrons. The predicted molar refractivity (Wildman–Crippen MR) is 101 cm³/mol. The standard InChI is InChI=1S/C18H26N4OS/c1-11-20-21-16(24)22(11)19-10-12-8-13(17(2,3)4)15(23)14(9-12)18(5,6)7/h8-10,23H,1-7H3,(H,21,24)/b19-10+. The van der Waals surface area contributed by atoms with Crippen LogP contribution in [-0.4, -0.2) is 26.2 Å². The predicted octanol–water partition coefficient (Wildman–Crippen LogP) is 4.43. The Balaban J connectivity index is 2.61. The van der Waals surface area contributed by atoms with E-state index in [1.165, 1.54) is 0 Å². The molecule has 0 saturated heterocycles. The number of nitrogens with one attached hydrogen (secondary N) is 1. The monoisotopic (exact) mass is 346 g/mol. The molecule has 0 bridgehead atoms. The van der Waals surface area contributed by atoms with Gasteiger partial charge in [0.1, 0.15) is 11.6 Å². The summed E-state index contributed by atoms with van der Waals surface area (Å²) in [5.41, 5.74) is 2.39. The van der Waals surface area contributed by atoms with Gasteiger partial charge in [-0.2, -0.15) is 14.9 Å². The van der Waals surface area contributed by atoms with Gasteiger partial charge in [-0.15, -0.1) is 0 Å². The van der Waals surface area contributed by atoms with Crippen molar-refractivity contribution in [1.29, 1.82) is 0 Å². The summed E-state index contributed by atoms with van der Waals surface area (Å²) in [6.45, 7) is 14.4. The Bertz CT molecular complexity index is 797. The lowest BCUT2D eigenvalue weighted by Gasteiger charge is -2.27. The van der Waals surface area contributed by atoms with Gasteiger partial charge in [-0.1, -0.05) is 41.5 Å². The lowest BCUT2D eigenvalue weighted by Crippen LogP contribution is -2.18. The molecule has 0 saturated carbocycles. The zero-order chi connectivity index (χ0) is 18.3. The van der Waals surface area contributed by atoms with E-state index >= 15 is 0 Å². The first-order chi connectivity index (χ1) is 10.9. The molecule has 2 N–H and O–H groups in total. The van der Waals surface area contributed by atoms with Crippen molar-refractivity contribution in [3.8, 4) is 5.75 Å². The average Bonchev–Trinajstić information content (AvgIpc) is 2.74. The van der Waals surface area contributed by atoms with Crippen molar-refractivity contribution in [2.75, 3.05) is 0 Å². The van der Waals surface area contributed by atoms with Crippen LogP contribution in [0.2, 0.25) is 0 Å². The largest absolute Gasteiger partial charge is 0.507 e. The molecule has 0 amide bonds. The third-order valence-corrected chi connectivity index (χ3v) is 4.15. The van der Waals surface area contributed by atoms with E-state index in [4.69, 9.17) is 12.2 Å². The Morgan fingerprint density at radius 2 is 1.62 bits per heavy atom. The smallest absolute Gasteiger partial charge is 0.216 e. The number of aromatic nitrogens is 3. The molecule has 24 heavy (non-hydrogen) atoms. The minimum absolute atomic E-state index is 0.171. The number of H-pyrrole nitrogens is 1. The van der Waals surface area contributed by atoms with E-state index in [2.05, 4.69) is 56.8 Å². The van der Waals surface area contributed by atoms with E-state index in [1.807, 2.05) is 19.1 Å². The van der Waals surface area contributed by atoms with Crippen molar-refractivity contribution in [3.63, 3.8) is 0 Å². The lowest BCUT2D eigenvalue weighted by molar-refractivity contribution is 0.423. The molecular formula is C18H26N4OS. The molecule has 0 radical (unpaired) electrons. The van der Waals surface area contributed by atoms with Crippen LogP contribution in [0, 0.1) is 11.7 Å². The number of hydrogen-bond donors (Lipinski definition) is 2. The molecule has 1 heterocycles. The summed E-state index contributed by atoms with van der Waals surface area (Å²) in [5, 5.41) is 21.9. The summed E-state index contributed by atoms with van der Waals surface area (Å²) in [6.07, 6.45) is 1.75. The fourth-order valence-corrected chi connectivity index (χ4v) is 2.73. The van der Waals surface area contributed by atoms with Crippen LogP contribution >= 0.6 is 12.2 Å². The molecule has 0 unspecified atom stereocenters. The van der Waals surface area contributed by atoms with Crippen LogP contribution in [0.25, 0.3) is 0 Å². The molecule has 2 rings (SSSR count). The minimum atomic E-state index is -0.171. The highest BCUT2D eigenvalue weighted by Gasteiger charge is 2.26. The number of aryl methyl sites for hydroxylation is 1. The number of nitrogens with zero attached hydrogens (tertiary/aromatic N) is 3. The first-order valence-corrected chi connectivity index (χ1v) is 8.38. The number of phenols is 1. The van der Waals surface area contributed by atoms with E-state index in [0.717, 1.165) is 16.7 Å². The summed E-state index contributed by atoms with van der Waals surface area (Å²) in [7, 11) is 0. The molecule has 0 aliphatic carbocycles. The Morgan fingerprint density at radius 1 is 1.12 bits per heavy atom. The van der Waals surface area contributed by atoms with Gasteiger partial charge in [0, 0.05) is 11.1 Å². The van der Waals surface area contributed by atoms with Crippen molar-refractivity contribution in [2.45, 2.75) is 59.3 Å². The maximum absolute atomic E-state index is 10.7. The highest BCUT2D eigenvalue weighted by Crippen LogP contribution is 2.39. The lowest BCUT2D eigenvalue weighted by atomic mass is 9.78. The van der Waals surface area contributed by atoms with Crippen LogP contribution in [0.4, 0.5) is 0 Å². The number of aromatic hydroxyl groups is 1. The molecule has 5 nitrogen and oxygen atoms in total. The van der Waals surface area contributed by atoms with Gasteiger partial charge in [0.2, 0.25) is 4.77 Å². The maximum atomic E-state index is 10.7. The Hall–Kier alpha value is -1.95. The topological polar surface area (TPSA) is 66.2 Å². The molecule has 0 atom stereocenters. The zero-order valence-corrected chi connectivity index (χ0v) is 16.2. The van der Waals surface area contributed by atoms with Crippen LogP contribution in [-0.2, 0) is 10.8 Å². The normalized spacial score (nSPS) is 13.0. The second-order valence-corrected chi connectivity index (χ2v) is 8.48. The third kappa shape index (κ3) is 3.75. The van der Waals surface area contributed by atoms with Gasteiger partial charge in [0.05, 0.1) is 6.21 Å². The zero-order valence-electron chi connectivity index (χ0n) is 15.4. The van der Waals surface area contributed by atoms with Crippen LogP contribution in [0.15, 0.2) is 17.2 Å². The number of benzene rings is 1. The highest BCUT2D eigenvalue weighted by atomic mass is 32.1. The van der Waals surface area contributed by atoms with Crippen molar-refractivity contribution < 1.29 is 5.11 Å². The van der Waals surface area contributed by atoms with Gasteiger partial charge >= 0.3 is 0 Å². The number of hydrogen-bond acceptors (Lipinski definition) is 4. The van der Waals surface area contributed by atoms with Gasteiger partial charge in [-0.3, -0.25) is 5.10 Å². The number of rotatable bonds is 2. The van der Waals surface area contributed by atoms with Crippen LogP contribution in [0.1, 0.15) is 64.1 Å². The third-order valence-electron chi connectivity index (χ3n) is 3.88. The fraction of sp³-hybridized carbons (Fsp3) is 0.500. The molecule has 1 aromatic heterocycles. The summed E-state index contributed by atoms with van der Waals surface area (Å²) < 4.78 is 2.03. The van der Waals surface area contributed by atoms with E-state index < -0.39 is 0 Å². The summed E-state index contributed by atoms with van der Waals surface area (Å²) in [4.78, 5) is 0. The molecule has 0 fully saturated rings. The molecular weight excluding hydrogens is 320 g/mol. The Morgan fingerprint density at radius 3 is 2.00 bits per heavy atom. The maximum Gasteiger partial charge on any atom is 0.216 e. The van der Waals surface area contributed by atoms with E-state index in [-0.39, 0.29) is 10.8 Å². The van der Waals surface area contributed by atoms with Gasteiger partial charge in [-0.05, 0) is 47.7 Å². The van der Waals surface area contributed by atoms with Gasteiger partial charge in [0.25, 0.3) is 0 Å². The highest BCUT2D eigenvalue weighted by molar-refractivity contribution is 7.71. The van der Waals surface area contributed by atoms with Crippen LogP contribution in [0.3, 0.4) is 0 Å². The molecule has 0 aliphatic heterocycles. The molecule has 0 aliphatic rings. The number of aromatic amines is 1. The number of phenolic OH excluding ortho intramolecular Hbond substituents is 1. The summed E-state index contributed by atoms with van der Waals surface area (Å²) in [5.74, 6) is 1.06. The van der Waals surface area contributed by atoms with E-state index in [0.29, 0.717) is 16.3 Å². The first-order valence-electron chi connectivity index (χ1n) is 7.97. The Kier molecular flexibility index (Phi) is 4.72. The quantitative estimate of drug-likeness (QED) is 0.624. The molecule has 1 aromatic carbocycles. The second kappa shape index (κ2) is 6.16. The molecule has 2 aromatic rings. The van der Waals surface area contributed by atoms with Crippen molar-refractivity contribution >= 4 is 18.4 Å². The Labute approximate surface area is 148 Å². The van der Waals surface area contributed by atoms with E-state index in [9.17, 15) is 5.11 Å². The first kappa shape index (κ1) is 18.4. The fourth-order valence-electron chi connectivity index (χ4n) is 2.51. The van der Waals surface area contributed by atoms with Crippen LogP contribution < -0.4 is 0 Å². The molecule has 0 spiro atoms. The second-order valence-electron chi connectivity index (χ2n) is 8.10. The molecule has 6 heteroatoms. The van der Waals surface area contributed by atoms with Crippen molar-refractivity contribution in [1.82, 2.24) is 14.9 Å². The van der Waals surface area contributed by atoms with Crippen molar-refractivity contribution in [3.05, 3.63) is 39.4 Å². The SMILES string of the molecule is Cc1n[nH]c(=S)n1/N=C/c1cc(C(C)(C)C)c(O)c(C(C)(C)C)c1. The summed E-state index contributed by atoms with van der Waals surface area (Å²) >= 11 is 5.17. The minimum Gasteiger partial charge on any atom is -0.507 e. The average molecular weight is 347 g/mol. The van der Waals surface area contributed by atoms with Gasteiger partial charge < -0.3 is 5.11 Å². The van der Waals surface area contributed by atoms with Gasteiger partial charge in [0.15, 0.2) is 0 Å².